The Balaban J connectivity index is 2.78. The third-order valence-corrected chi connectivity index (χ3v) is 1.91. The molecule has 0 aliphatic heterocycles. The highest BCUT2D eigenvalue weighted by molar-refractivity contribution is 6.30. The van der Waals surface area contributed by atoms with Crippen LogP contribution in [0.5, 0.6) is 0 Å². The second kappa shape index (κ2) is 4.39. The molecule has 0 heterocycles. The number of carbonyl (C=O) groups excluding carboxylic acids is 1. The Morgan fingerprint density at radius 2 is 2.29 bits per heavy atom. The Morgan fingerprint density at radius 1 is 1.64 bits per heavy atom. The van der Waals surface area contributed by atoms with Gasteiger partial charge in [-0.1, -0.05) is 11.6 Å². The zero-order chi connectivity index (χ0) is 10.7. The lowest BCUT2D eigenvalue weighted by atomic mass is 10.3. The third kappa shape index (κ3) is 2.68. The van der Waals surface area contributed by atoms with E-state index in [1.165, 1.54) is 12.1 Å². The van der Waals surface area contributed by atoms with E-state index >= 15 is 0 Å². The van der Waals surface area contributed by atoms with Gasteiger partial charge in [-0.15, -0.1) is 0 Å². The minimum absolute atomic E-state index is 0.0174. The highest BCUT2D eigenvalue weighted by Crippen LogP contribution is 2.18. The molecule has 0 bridgehead atoms. The average molecular weight is 217 g/mol. The van der Waals surface area contributed by atoms with Crippen molar-refractivity contribution in [1.29, 1.82) is 0 Å². The van der Waals surface area contributed by atoms with Gasteiger partial charge in [0.15, 0.2) is 0 Å². The zero-order valence-corrected chi connectivity index (χ0v) is 8.31. The molecule has 1 amide bonds. The lowest BCUT2D eigenvalue weighted by Crippen LogP contribution is -2.32. The second-order valence-corrected chi connectivity index (χ2v) is 3.31. The Bertz CT molecular complexity index is 355. The summed E-state index contributed by atoms with van der Waals surface area (Å²) in [6.07, 6.45) is 0. The Labute approximate surface area is 86.0 Å². The van der Waals surface area contributed by atoms with Crippen LogP contribution >= 0.6 is 11.6 Å². The lowest BCUT2D eigenvalue weighted by Gasteiger charge is -2.07. The largest absolute Gasteiger partial charge is 0.325 e. The van der Waals surface area contributed by atoms with Crippen LogP contribution in [0.1, 0.15) is 6.92 Å². The first-order chi connectivity index (χ1) is 6.50. The van der Waals surface area contributed by atoms with E-state index in [1.807, 2.05) is 0 Å². The van der Waals surface area contributed by atoms with Crippen molar-refractivity contribution in [1.82, 2.24) is 0 Å². The number of amides is 1. The number of carbonyl (C=O) groups is 1. The molecule has 1 aromatic rings. The van der Waals surface area contributed by atoms with Gasteiger partial charge in [-0.05, 0) is 25.1 Å². The molecule has 0 saturated heterocycles. The van der Waals surface area contributed by atoms with Crippen molar-refractivity contribution in [2.75, 3.05) is 5.32 Å². The van der Waals surface area contributed by atoms with Crippen molar-refractivity contribution >= 4 is 23.2 Å². The first-order valence-electron chi connectivity index (χ1n) is 4.02. The van der Waals surface area contributed by atoms with Gasteiger partial charge in [-0.3, -0.25) is 4.79 Å². The van der Waals surface area contributed by atoms with Crippen molar-refractivity contribution in [3.05, 3.63) is 29.0 Å². The molecular formula is C9H10ClFN2O. The van der Waals surface area contributed by atoms with Gasteiger partial charge in [0, 0.05) is 5.69 Å². The van der Waals surface area contributed by atoms with Gasteiger partial charge < -0.3 is 11.1 Å². The number of hydrogen-bond donors (Lipinski definition) is 2. The van der Waals surface area contributed by atoms with Crippen LogP contribution in [0.2, 0.25) is 5.02 Å². The minimum Gasteiger partial charge on any atom is -0.325 e. The molecule has 0 aromatic heterocycles. The molecule has 14 heavy (non-hydrogen) atoms. The van der Waals surface area contributed by atoms with E-state index in [4.69, 9.17) is 17.3 Å². The minimum atomic E-state index is -0.631. The highest BCUT2D eigenvalue weighted by atomic mass is 35.5. The number of anilines is 1. The van der Waals surface area contributed by atoms with Crippen LogP contribution in [0.3, 0.4) is 0 Å². The predicted molar refractivity (Wildman–Crippen MR) is 53.7 cm³/mol. The summed E-state index contributed by atoms with van der Waals surface area (Å²) < 4.78 is 12.9. The molecule has 0 fully saturated rings. The van der Waals surface area contributed by atoms with Crippen molar-refractivity contribution in [3.8, 4) is 0 Å². The maximum absolute atomic E-state index is 12.9. The third-order valence-electron chi connectivity index (χ3n) is 1.60. The van der Waals surface area contributed by atoms with E-state index in [0.29, 0.717) is 5.69 Å². The van der Waals surface area contributed by atoms with Crippen LogP contribution in [0, 0.1) is 5.82 Å². The molecule has 0 aliphatic carbocycles. The summed E-state index contributed by atoms with van der Waals surface area (Å²) >= 11 is 5.47. The van der Waals surface area contributed by atoms with Crippen LogP contribution in [-0.4, -0.2) is 11.9 Å². The van der Waals surface area contributed by atoms with Crippen LogP contribution in [0.4, 0.5) is 10.1 Å². The molecule has 0 saturated carbocycles. The van der Waals surface area contributed by atoms with Crippen LogP contribution in [0.15, 0.2) is 18.2 Å². The SMILES string of the molecule is C[C@@H](N)C(=O)Nc1ccc(Cl)c(F)c1. The maximum Gasteiger partial charge on any atom is 0.241 e. The summed E-state index contributed by atoms with van der Waals surface area (Å²) in [4.78, 5) is 11.1. The summed E-state index contributed by atoms with van der Waals surface area (Å²) in [6.45, 7) is 1.54. The van der Waals surface area contributed by atoms with E-state index in [1.54, 1.807) is 6.92 Å². The molecule has 1 aromatic carbocycles. The molecule has 0 spiro atoms. The Kier molecular flexibility index (Phi) is 3.43. The topological polar surface area (TPSA) is 55.1 Å². The van der Waals surface area contributed by atoms with Crippen molar-refractivity contribution in [2.45, 2.75) is 13.0 Å². The quantitative estimate of drug-likeness (QED) is 0.792. The zero-order valence-electron chi connectivity index (χ0n) is 7.55. The Hall–Kier alpha value is -1.13. The van der Waals surface area contributed by atoms with E-state index in [9.17, 15) is 9.18 Å². The molecule has 0 unspecified atom stereocenters. The first kappa shape index (κ1) is 10.9. The van der Waals surface area contributed by atoms with E-state index in [-0.39, 0.29) is 10.9 Å². The van der Waals surface area contributed by atoms with Gasteiger partial charge in [0.1, 0.15) is 5.82 Å². The number of nitrogens with two attached hydrogens (primary N) is 1. The predicted octanol–water partition coefficient (Wildman–Crippen LogP) is 1.76. The normalized spacial score (nSPS) is 12.3. The molecule has 1 rings (SSSR count). The molecular weight excluding hydrogens is 207 g/mol. The summed E-state index contributed by atoms with van der Waals surface area (Å²) in [5.74, 6) is -0.944. The molecule has 0 radical (unpaired) electrons. The fraction of sp³-hybridized carbons (Fsp3) is 0.222. The molecule has 76 valence electrons. The molecule has 5 heteroatoms. The molecule has 3 N–H and O–H groups in total. The summed E-state index contributed by atoms with van der Waals surface area (Å²) in [5.41, 5.74) is 5.66. The van der Waals surface area contributed by atoms with Gasteiger partial charge in [-0.25, -0.2) is 4.39 Å². The fourth-order valence-corrected chi connectivity index (χ4v) is 0.948. The summed E-state index contributed by atoms with van der Waals surface area (Å²) in [7, 11) is 0. The van der Waals surface area contributed by atoms with Gasteiger partial charge in [0.25, 0.3) is 0 Å². The standard InChI is InChI=1S/C9H10ClFN2O/c1-5(12)9(14)13-6-2-3-7(10)8(11)4-6/h2-5H,12H2,1H3,(H,13,14)/t5-/m1/s1. The number of halogens is 2. The van der Waals surface area contributed by atoms with Crippen molar-refractivity contribution in [2.24, 2.45) is 5.73 Å². The van der Waals surface area contributed by atoms with Crippen LogP contribution in [-0.2, 0) is 4.79 Å². The van der Waals surface area contributed by atoms with Crippen molar-refractivity contribution < 1.29 is 9.18 Å². The van der Waals surface area contributed by atoms with Gasteiger partial charge in [-0.2, -0.15) is 0 Å². The van der Waals surface area contributed by atoms with Gasteiger partial charge in [0.05, 0.1) is 11.1 Å². The monoisotopic (exact) mass is 216 g/mol. The van der Waals surface area contributed by atoms with E-state index in [2.05, 4.69) is 5.32 Å². The second-order valence-electron chi connectivity index (χ2n) is 2.91. The lowest BCUT2D eigenvalue weighted by molar-refractivity contribution is -0.117. The van der Waals surface area contributed by atoms with E-state index in [0.717, 1.165) is 6.07 Å². The number of hydrogen-bond acceptors (Lipinski definition) is 2. The summed E-state index contributed by atoms with van der Waals surface area (Å²) in [6, 6.07) is 3.39. The number of nitrogens with one attached hydrogen (secondary N) is 1. The Morgan fingerprint density at radius 3 is 2.79 bits per heavy atom. The smallest absolute Gasteiger partial charge is 0.241 e. The molecule has 1 atom stereocenters. The van der Waals surface area contributed by atoms with Crippen molar-refractivity contribution in [3.63, 3.8) is 0 Å². The van der Waals surface area contributed by atoms with Gasteiger partial charge in [0.2, 0.25) is 5.91 Å². The van der Waals surface area contributed by atoms with Gasteiger partial charge >= 0.3 is 0 Å². The molecule has 3 nitrogen and oxygen atoms in total. The maximum atomic E-state index is 12.9. The molecule has 0 aliphatic rings. The van der Waals surface area contributed by atoms with Crippen LogP contribution in [0.25, 0.3) is 0 Å². The van der Waals surface area contributed by atoms with Crippen LogP contribution < -0.4 is 11.1 Å². The number of rotatable bonds is 2. The number of benzene rings is 1. The summed E-state index contributed by atoms with van der Waals surface area (Å²) in [5, 5.41) is 2.46. The first-order valence-corrected chi connectivity index (χ1v) is 4.40. The highest BCUT2D eigenvalue weighted by Gasteiger charge is 2.08. The average Bonchev–Trinajstić information content (AvgIpc) is 2.11. The van der Waals surface area contributed by atoms with E-state index < -0.39 is 11.9 Å². The fourth-order valence-electron chi connectivity index (χ4n) is 0.830.